The highest BCUT2D eigenvalue weighted by atomic mass is 19.3. The Kier molecular flexibility index (Phi) is 5.89. The molecule has 0 radical (unpaired) electrons. The molecular formula is C13H16F3N3O. The first-order valence-corrected chi connectivity index (χ1v) is 5.80. The number of alkyl halides is 2. The summed E-state index contributed by atoms with van der Waals surface area (Å²) in [5.74, 6) is -0.865. The van der Waals surface area contributed by atoms with Gasteiger partial charge in [0, 0.05) is 6.54 Å². The van der Waals surface area contributed by atoms with E-state index >= 15 is 0 Å². The minimum atomic E-state index is -3.03. The zero-order valence-electron chi connectivity index (χ0n) is 11.0. The molecule has 110 valence electrons. The minimum absolute atomic E-state index is 0.0688. The number of nitrogens with zero attached hydrogens (tertiary/aromatic N) is 1. The van der Waals surface area contributed by atoms with Crippen LogP contribution in [0.25, 0.3) is 0 Å². The number of ether oxygens (including phenoxy) is 1. The summed E-state index contributed by atoms with van der Waals surface area (Å²) in [5, 5.41) is 2.75. The number of halogens is 3. The van der Waals surface area contributed by atoms with Crippen LogP contribution in [-0.2, 0) is 6.54 Å². The molecule has 0 aliphatic rings. The quantitative estimate of drug-likeness (QED) is 0.480. The van der Waals surface area contributed by atoms with Crippen molar-refractivity contribution in [3.63, 3.8) is 0 Å². The lowest BCUT2D eigenvalue weighted by molar-refractivity contribution is -0.0506. The molecule has 1 rings (SSSR count). The lowest BCUT2D eigenvalue weighted by atomic mass is 10.2. The van der Waals surface area contributed by atoms with Gasteiger partial charge >= 0.3 is 6.61 Å². The van der Waals surface area contributed by atoms with E-state index in [9.17, 15) is 13.2 Å². The number of rotatable bonds is 6. The molecule has 0 heterocycles. The summed E-state index contributed by atoms with van der Waals surface area (Å²) in [6, 6.07) is 3.67. The van der Waals surface area contributed by atoms with E-state index in [1.165, 1.54) is 12.1 Å². The number of hydrogen-bond donors (Lipinski definition) is 2. The van der Waals surface area contributed by atoms with E-state index in [-0.39, 0.29) is 23.8 Å². The molecule has 0 aromatic heterocycles. The predicted octanol–water partition coefficient (Wildman–Crippen LogP) is 2.41. The van der Waals surface area contributed by atoms with Gasteiger partial charge in [-0.3, -0.25) is 0 Å². The monoisotopic (exact) mass is 287 g/mol. The molecule has 0 amide bonds. The van der Waals surface area contributed by atoms with Gasteiger partial charge in [0.2, 0.25) is 0 Å². The Morgan fingerprint density at radius 3 is 2.80 bits per heavy atom. The molecule has 3 N–H and O–H groups in total. The Morgan fingerprint density at radius 1 is 1.50 bits per heavy atom. The van der Waals surface area contributed by atoms with E-state index in [0.717, 1.165) is 11.6 Å². The molecule has 0 aliphatic carbocycles. The molecule has 0 saturated heterocycles. The second-order valence-corrected chi connectivity index (χ2v) is 4.11. The molecule has 0 atom stereocenters. The zero-order chi connectivity index (χ0) is 15.1. The fourth-order valence-electron chi connectivity index (χ4n) is 1.36. The van der Waals surface area contributed by atoms with Gasteiger partial charge in [-0.05, 0) is 19.1 Å². The van der Waals surface area contributed by atoms with E-state index in [1.807, 2.05) is 0 Å². The molecule has 0 unspecified atom stereocenters. The van der Waals surface area contributed by atoms with Gasteiger partial charge in [0.15, 0.2) is 5.96 Å². The fourth-order valence-corrected chi connectivity index (χ4v) is 1.36. The molecule has 1 aromatic carbocycles. The van der Waals surface area contributed by atoms with Gasteiger partial charge in [-0.1, -0.05) is 18.2 Å². The number of guanidine groups is 1. The highest BCUT2D eigenvalue weighted by Crippen LogP contribution is 2.24. The van der Waals surface area contributed by atoms with Crippen molar-refractivity contribution < 1.29 is 17.9 Å². The molecule has 0 aliphatic heterocycles. The first-order valence-electron chi connectivity index (χ1n) is 5.80. The van der Waals surface area contributed by atoms with Gasteiger partial charge in [0.05, 0.1) is 12.1 Å². The zero-order valence-corrected chi connectivity index (χ0v) is 11.0. The van der Waals surface area contributed by atoms with E-state index in [1.54, 1.807) is 6.92 Å². The van der Waals surface area contributed by atoms with Crippen molar-refractivity contribution in [3.05, 3.63) is 41.7 Å². The van der Waals surface area contributed by atoms with Crippen molar-refractivity contribution in [2.45, 2.75) is 20.1 Å². The van der Waals surface area contributed by atoms with Crippen LogP contribution in [0.15, 0.2) is 35.3 Å². The van der Waals surface area contributed by atoms with Crippen molar-refractivity contribution in [3.8, 4) is 5.75 Å². The van der Waals surface area contributed by atoms with Crippen LogP contribution in [0.2, 0.25) is 0 Å². The Hall–Kier alpha value is -2.18. The topological polar surface area (TPSA) is 59.6 Å². The second-order valence-electron chi connectivity index (χ2n) is 4.11. The molecule has 4 nitrogen and oxygen atoms in total. The van der Waals surface area contributed by atoms with Crippen molar-refractivity contribution in [1.82, 2.24) is 5.32 Å². The molecule has 7 heteroatoms. The van der Waals surface area contributed by atoms with E-state index < -0.39 is 12.4 Å². The Labute approximate surface area is 115 Å². The van der Waals surface area contributed by atoms with Crippen LogP contribution in [0.4, 0.5) is 13.2 Å². The van der Waals surface area contributed by atoms with Gasteiger partial charge in [0.1, 0.15) is 11.6 Å². The Bertz CT molecular complexity index is 504. The van der Waals surface area contributed by atoms with Gasteiger partial charge in [-0.2, -0.15) is 8.78 Å². The number of benzene rings is 1. The number of nitrogens with two attached hydrogens (primary N) is 1. The standard InChI is InChI=1S/C13H16F3N3O/c1-8(2)6-18-13(17)19-7-9-10(14)4-3-5-11(9)20-12(15)16/h3-5,12H,1,6-7H2,2H3,(H3,17,18,19). The third-order valence-corrected chi connectivity index (χ3v) is 2.27. The summed E-state index contributed by atoms with van der Waals surface area (Å²) in [4.78, 5) is 3.87. The van der Waals surface area contributed by atoms with E-state index in [4.69, 9.17) is 5.73 Å². The summed E-state index contributed by atoms with van der Waals surface area (Å²) in [6.07, 6.45) is 0. The largest absolute Gasteiger partial charge is 0.434 e. The predicted molar refractivity (Wildman–Crippen MR) is 71.2 cm³/mol. The fraction of sp³-hybridized carbons (Fsp3) is 0.308. The van der Waals surface area contributed by atoms with Crippen LogP contribution in [-0.4, -0.2) is 19.1 Å². The molecule has 0 saturated carbocycles. The number of hydrogen-bond acceptors (Lipinski definition) is 2. The van der Waals surface area contributed by atoms with Crippen molar-refractivity contribution in [2.24, 2.45) is 10.7 Å². The van der Waals surface area contributed by atoms with Gasteiger partial charge < -0.3 is 15.8 Å². The van der Waals surface area contributed by atoms with Crippen LogP contribution in [0, 0.1) is 5.82 Å². The molecule has 0 fully saturated rings. The smallest absolute Gasteiger partial charge is 0.387 e. The molecule has 20 heavy (non-hydrogen) atoms. The minimum Gasteiger partial charge on any atom is -0.434 e. The van der Waals surface area contributed by atoms with Crippen LogP contribution in [0.3, 0.4) is 0 Å². The third-order valence-electron chi connectivity index (χ3n) is 2.27. The maximum absolute atomic E-state index is 13.6. The van der Waals surface area contributed by atoms with Gasteiger partial charge in [-0.15, -0.1) is 0 Å². The van der Waals surface area contributed by atoms with Gasteiger partial charge in [-0.25, -0.2) is 9.38 Å². The van der Waals surface area contributed by atoms with Crippen LogP contribution in [0.1, 0.15) is 12.5 Å². The Balaban J connectivity index is 2.80. The van der Waals surface area contributed by atoms with Crippen LogP contribution in [0.5, 0.6) is 5.75 Å². The normalized spacial score (nSPS) is 11.6. The SMILES string of the molecule is C=C(C)CNC(N)=NCc1c(F)cccc1OC(F)F. The summed E-state index contributed by atoms with van der Waals surface area (Å²) in [6.45, 7) is 2.66. The molecule has 0 bridgehead atoms. The van der Waals surface area contributed by atoms with Gasteiger partial charge in [0.25, 0.3) is 0 Å². The molecular weight excluding hydrogens is 271 g/mol. The number of aliphatic imine (C=N–C) groups is 1. The number of nitrogens with one attached hydrogen (secondary N) is 1. The lowest BCUT2D eigenvalue weighted by Gasteiger charge is -2.10. The van der Waals surface area contributed by atoms with Crippen LogP contribution >= 0.6 is 0 Å². The first kappa shape index (κ1) is 15.9. The first-order chi connectivity index (χ1) is 9.40. The second kappa shape index (κ2) is 7.42. The summed E-state index contributed by atoms with van der Waals surface area (Å²) in [7, 11) is 0. The average molecular weight is 287 g/mol. The summed E-state index contributed by atoms with van der Waals surface area (Å²) < 4.78 is 42.3. The van der Waals surface area contributed by atoms with Crippen molar-refractivity contribution in [2.75, 3.05) is 6.54 Å². The van der Waals surface area contributed by atoms with Crippen LogP contribution < -0.4 is 15.8 Å². The maximum atomic E-state index is 13.6. The third kappa shape index (κ3) is 5.21. The Morgan fingerprint density at radius 2 is 2.20 bits per heavy atom. The summed E-state index contributed by atoms with van der Waals surface area (Å²) in [5.41, 5.74) is 6.32. The lowest BCUT2D eigenvalue weighted by Crippen LogP contribution is -2.32. The van der Waals surface area contributed by atoms with E-state index in [2.05, 4.69) is 21.6 Å². The summed E-state index contributed by atoms with van der Waals surface area (Å²) >= 11 is 0. The average Bonchev–Trinajstić information content (AvgIpc) is 2.35. The highest BCUT2D eigenvalue weighted by Gasteiger charge is 2.13. The molecule has 1 aromatic rings. The van der Waals surface area contributed by atoms with Crippen molar-refractivity contribution in [1.29, 1.82) is 0 Å². The maximum Gasteiger partial charge on any atom is 0.387 e. The molecule has 0 spiro atoms. The van der Waals surface area contributed by atoms with E-state index in [0.29, 0.717) is 6.54 Å². The highest BCUT2D eigenvalue weighted by molar-refractivity contribution is 5.78. The van der Waals surface area contributed by atoms with Crippen molar-refractivity contribution >= 4 is 5.96 Å².